The minimum atomic E-state index is -0.0978. The maximum atomic E-state index is 12.2. The van der Waals surface area contributed by atoms with Crippen LogP contribution < -0.4 is 16.0 Å². The van der Waals surface area contributed by atoms with Gasteiger partial charge in [0, 0.05) is 44.6 Å². The summed E-state index contributed by atoms with van der Waals surface area (Å²) in [5, 5.41) is 3.88. The van der Waals surface area contributed by atoms with Crippen LogP contribution in [0.2, 0.25) is 0 Å². The molecule has 3 rings (SSSR count). The average Bonchev–Trinajstić information content (AvgIpc) is 2.97. The molecule has 0 spiro atoms. The number of H-pyrrole nitrogens is 1. The number of nitrogens with zero attached hydrogens (tertiary/aromatic N) is 2. The molecular weight excluding hydrogens is 386 g/mol. The molecule has 3 heterocycles. The zero-order valence-corrected chi connectivity index (χ0v) is 16.3. The Hall–Kier alpha value is -1.64. The molecule has 0 aliphatic carbocycles. The van der Waals surface area contributed by atoms with E-state index in [9.17, 15) is 4.79 Å². The van der Waals surface area contributed by atoms with Crippen LogP contribution in [0.15, 0.2) is 16.9 Å². The first-order valence-electron chi connectivity index (χ1n) is 8.42. The van der Waals surface area contributed by atoms with Crippen LogP contribution in [-0.4, -0.2) is 48.2 Å². The number of carbonyl (C=O) groups is 1. The first-order valence-corrected chi connectivity index (χ1v) is 9.21. The summed E-state index contributed by atoms with van der Waals surface area (Å²) < 4.78 is 6.33. The Morgan fingerprint density at radius 3 is 2.96 bits per heavy atom. The normalized spacial score (nSPS) is 21.1. The molecule has 1 amide bonds. The van der Waals surface area contributed by atoms with Crippen molar-refractivity contribution in [3.63, 3.8) is 0 Å². The van der Waals surface area contributed by atoms with Crippen molar-refractivity contribution in [1.82, 2.24) is 9.97 Å². The molecule has 1 aliphatic heterocycles. The zero-order chi connectivity index (χ0) is 18.1. The summed E-state index contributed by atoms with van der Waals surface area (Å²) in [5.41, 5.74) is 8.74. The molecule has 25 heavy (non-hydrogen) atoms. The third-order valence-corrected chi connectivity index (χ3v) is 5.20. The van der Waals surface area contributed by atoms with Gasteiger partial charge in [0.1, 0.15) is 5.65 Å². The van der Waals surface area contributed by atoms with Crippen molar-refractivity contribution in [3.8, 4) is 0 Å². The standard InChI is InChI=1S/C17H24BrN5O2/c1-9(2)17(24)22-12-7-21-16-14(12)15(10(18)6-20-16)23-5-4-13(25-3)11(19)8-23/h6-7,9,11,13H,4-5,8,19H2,1-3H3,(H,20,21)(H,22,24)/t11?,13-/m0/s1. The number of rotatable bonds is 4. The molecule has 8 heteroatoms. The fraction of sp³-hybridized carbons (Fsp3) is 0.529. The molecule has 0 bridgehead atoms. The number of ether oxygens (including phenoxy) is 1. The number of aromatic nitrogens is 2. The number of methoxy groups -OCH3 is 1. The van der Waals surface area contributed by atoms with E-state index < -0.39 is 0 Å². The quantitative estimate of drug-likeness (QED) is 0.720. The summed E-state index contributed by atoms with van der Waals surface area (Å²) in [6, 6.07) is -0.0680. The van der Waals surface area contributed by atoms with Gasteiger partial charge >= 0.3 is 0 Å². The van der Waals surface area contributed by atoms with Crippen LogP contribution >= 0.6 is 15.9 Å². The SMILES string of the molecule is CO[C@H]1CCN(c2c(Br)cnc3[nH]cc(NC(=O)C(C)C)c23)CC1N. The van der Waals surface area contributed by atoms with Gasteiger partial charge in [-0.15, -0.1) is 0 Å². The summed E-state index contributed by atoms with van der Waals surface area (Å²) in [4.78, 5) is 21.9. The van der Waals surface area contributed by atoms with Crippen LogP contribution in [0.1, 0.15) is 20.3 Å². The van der Waals surface area contributed by atoms with Gasteiger partial charge in [-0.3, -0.25) is 4.79 Å². The molecule has 0 saturated carbocycles. The summed E-state index contributed by atoms with van der Waals surface area (Å²) in [6.45, 7) is 5.24. The van der Waals surface area contributed by atoms with E-state index in [0.29, 0.717) is 6.54 Å². The second kappa shape index (κ2) is 7.31. The summed E-state index contributed by atoms with van der Waals surface area (Å²) in [5.74, 6) is -0.124. The van der Waals surface area contributed by atoms with Gasteiger partial charge in [-0.1, -0.05) is 13.8 Å². The van der Waals surface area contributed by atoms with E-state index in [-0.39, 0.29) is 24.0 Å². The number of fused-ring (bicyclic) bond motifs is 1. The van der Waals surface area contributed by atoms with E-state index >= 15 is 0 Å². The maximum absolute atomic E-state index is 12.2. The lowest BCUT2D eigenvalue weighted by molar-refractivity contribution is -0.118. The smallest absolute Gasteiger partial charge is 0.226 e. The van der Waals surface area contributed by atoms with Crippen molar-refractivity contribution in [2.75, 3.05) is 30.4 Å². The van der Waals surface area contributed by atoms with Crippen LogP contribution in [0.3, 0.4) is 0 Å². The van der Waals surface area contributed by atoms with E-state index in [4.69, 9.17) is 10.5 Å². The monoisotopic (exact) mass is 409 g/mol. The molecule has 0 radical (unpaired) electrons. The molecule has 0 aromatic carbocycles. The minimum Gasteiger partial charge on any atom is -0.380 e. The molecule has 2 atom stereocenters. The molecule has 4 N–H and O–H groups in total. The number of aromatic amines is 1. The summed E-state index contributed by atoms with van der Waals surface area (Å²) in [6.07, 6.45) is 4.48. The van der Waals surface area contributed by atoms with Crippen LogP contribution in [0, 0.1) is 5.92 Å². The number of pyridine rings is 1. The highest BCUT2D eigenvalue weighted by atomic mass is 79.9. The number of nitrogens with one attached hydrogen (secondary N) is 2. The third kappa shape index (κ3) is 3.51. The number of carbonyl (C=O) groups excluding carboxylic acids is 1. The van der Waals surface area contributed by atoms with Crippen molar-refractivity contribution >= 4 is 44.2 Å². The van der Waals surface area contributed by atoms with E-state index in [1.165, 1.54) is 0 Å². The van der Waals surface area contributed by atoms with Crippen LogP contribution in [0.4, 0.5) is 11.4 Å². The molecule has 1 saturated heterocycles. The molecule has 1 unspecified atom stereocenters. The van der Waals surface area contributed by atoms with Crippen LogP contribution in [0.25, 0.3) is 11.0 Å². The molecule has 7 nitrogen and oxygen atoms in total. The Kier molecular flexibility index (Phi) is 5.31. The van der Waals surface area contributed by atoms with Gasteiger partial charge in [-0.25, -0.2) is 4.98 Å². The predicted octanol–water partition coefficient (Wildman–Crippen LogP) is 2.47. The van der Waals surface area contributed by atoms with E-state index in [1.807, 2.05) is 13.8 Å². The fourth-order valence-corrected chi connectivity index (χ4v) is 3.75. The van der Waals surface area contributed by atoms with Crippen molar-refractivity contribution in [2.45, 2.75) is 32.4 Å². The molecule has 136 valence electrons. The highest BCUT2D eigenvalue weighted by Crippen LogP contribution is 2.39. The minimum absolute atomic E-state index is 0.0263. The Morgan fingerprint density at radius 2 is 2.32 bits per heavy atom. The van der Waals surface area contributed by atoms with Gasteiger partial charge in [-0.05, 0) is 22.4 Å². The van der Waals surface area contributed by atoms with E-state index in [1.54, 1.807) is 19.5 Å². The van der Waals surface area contributed by atoms with Gasteiger partial charge in [-0.2, -0.15) is 0 Å². The lowest BCUT2D eigenvalue weighted by atomic mass is 10.0. The van der Waals surface area contributed by atoms with E-state index in [2.05, 4.69) is 36.1 Å². The Bertz CT molecular complexity index is 776. The average molecular weight is 410 g/mol. The maximum Gasteiger partial charge on any atom is 0.226 e. The lowest BCUT2D eigenvalue weighted by Crippen LogP contribution is -2.52. The second-order valence-corrected chi connectivity index (χ2v) is 7.55. The summed E-state index contributed by atoms with van der Waals surface area (Å²) >= 11 is 3.62. The first-order chi connectivity index (χ1) is 11.9. The Balaban J connectivity index is 2.01. The molecular formula is C17H24BrN5O2. The number of hydrogen-bond acceptors (Lipinski definition) is 5. The number of nitrogens with two attached hydrogens (primary N) is 1. The van der Waals surface area contributed by atoms with Gasteiger partial charge < -0.3 is 25.7 Å². The molecule has 2 aromatic heterocycles. The van der Waals surface area contributed by atoms with Crippen LogP contribution in [-0.2, 0) is 9.53 Å². The molecule has 1 aliphatic rings. The fourth-order valence-electron chi connectivity index (χ4n) is 3.20. The van der Waals surface area contributed by atoms with Gasteiger partial charge in [0.25, 0.3) is 0 Å². The Labute approximate surface area is 155 Å². The number of piperidine rings is 1. The summed E-state index contributed by atoms with van der Waals surface area (Å²) in [7, 11) is 1.70. The van der Waals surface area contributed by atoms with Crippen LogP contribution in [0.5, 0.6) is 0 Å². The zero-order valence-electron chi connectivity index (χ0n) is 14.7. The number of hydrogen-bond donors (Lipinski definition) is 3. The number of anilines is 2. The van der Waals surface area contributed by atoms with Gasteiger partial charge in [0.15, 0.2) is 0 Å². The van der Waals surface area contributed by atoms with Crippen molar-refractivity contribution in [1.29, 1.82) is 0 Å². The Morgan fingerprint density at radius 1 is 1.56 bits per heavy atom. The molecule has 1 fully saturated rings. The molecule has 2 aromatic rings. The first kappa shape index (κ1) is 18.2. The number of amides is 1. The van der Waals surface area contributed by atoms with E-state index in [0.717, 1.165) is 39.8 Å². The predicted molar refractivity (Wildman–Crippen MR) is 103 cm³/mol. The second-order valence-electron chi connectivity index (χ2n) is 6.70. The highest BCUT2D eigenvalue weighted by Gasteiger charge is 2.29. The number of halogens is 1. The highest BCUT2D eigenvalue weighted by molar-refractivity contribution is 9.10. The van der Waals surface area contributed by atoms with Crippen molar-refractivity contribution in [3.05, 3.63) is 16.9 Å². The van der Waals surface area contributed by atoms with Crippen molar-refractivity contribution < 1.29 is 9.53 Å². The largest absolute Gasteiger partial charge is 0.380 e. The van der Waals surface area contributed by atoms with Crippen molar-refractivity contribution in [2.24, 2.45) is 11.7 Å². The topological polar surface area (TPSA) is 96.3 Å². The van der Waals surface area contributed by atoms with Gasteiger partial charge in [0.05, 0.1) is 27.3 Å². The lowest BCUT2D eigenvalue weighted by Gasteiger charge is -2.38. The third-order valence-electron chi connectivity index (χ3n) is 4.62. The van der Waals surface area contributed by atoms with Gasteiger partial charge in [0.2, 0.25) is 5.91 Å².